The molecule has 0 spiro atoms. The quantitative estimate of drug-likeness (QED) is 0.553. The zero-order valence-electron chi connectivity index (χ0n) is 16.4. The summed E-state index contributed by atoms with van der Waals surface area (Å²) in [5.74, 6) is -0.364. The largest absolute Gasteiger partial charge is 0.368 e. The highest BCUT2D eigenvalue weighted by molar-refractivity contribution is 8.17. The van der Waals surface area contributed by atoms with Gasteiger partial charge < -0.3 is 4.74 Å². The molecule has 28 heavy (non-hydrogen) atoms. The minimum atomic E-state index is -0.871. The molecule has 0 aliphatic carbocycles. The van der Waals surface area contributed by atoms with Crippen molar-refractivity contribution in [1.82, 2.24) is 19.7 Å². The van der Waals surface area contributed by atoms with Crippen LogP contribution in [0.25, 0.3) is 0 Å². The van der Waals surface area contributed by atoms with Crippen LogP contribution in [0.2, 0.25) is 0 Å². The van der Waals surface area contributed by atoms with Crippen molar-refractivity contribution in [2.24, 2.45) is 12.5 Å². The third-order valence-corrected chi connectivity index (χ3v) is 7.64. The Morgan fingerprint density at radius 1 is 1.29 bits per heavy atom. The number of nitrogens with zero attached hydrogens (tertiary/aromatic N) is 3. The van der Waals surface area contributed by atoms with E-state index in [0.29, 0.717) is 10.9 Å². The number of hydrogen-bond acceptors (Lipinski definition) is 8. The van der Waals surface area contributed by atoms with Gasteiger partial charge in [-0.3, -0.25) is 33.9 Å². The maximum Gasteiger partial charge on any atom is 0.339 e. The van der Waals surface area contributed by atoms with Gasteiger partial charge in [0, 0.05) is 19.6 Å². The highest BCUT2D eigenvalue weighted by atomic mass is 32.2. The molecule has 2 aliphatic heterocycles. The standard InChI is InChI=1S/C17H22N4O5S2/c1-7-8(10(22)17(2,3)4)21-13(25)9(26-6)14(21)27-15(7)28-16-18-11(23)12(24)19-20(16)5/h9,14-15H,1-6H3,(H,19,24)/t9-,14-,15?/m0/s1. The van der Waals surface area contributed by atoms with Crippen LogP contribution in [0, 0.1) is 5.41 Å². The maximum atomic E-state index is 13.1. The summed E-state index contributed by atoms with van der Waals surface area (Å²) in [6.45, 7) is 7.22. The Morgan fingerprint density at radius 2 is 1.93 bits per heavy atom. The average Bonchev–Trinajstić information content (AvgIpc) is 2.60. The molecule has 152 valence electrons. The van der Waals surface area contributed by atoms with Crippen LogP contribution in [0.3, 0.4) is 0 Å². The first kappa shape index (κ1) is 20.9. The van der Waals surface area contributed by atoms with Crippen molar-refractivity contribution in [3.8, 4) is 0 Å². The van der Waals surface area contributed by atoms with Crippen LogP contribution >= 0.6 is 23.5 Å². The van der Waals surface area contributed by atoms with Crippen LogP contribution in [-0.4, -0.2) is 54.5 Å². The number of ether oxygens (including phenoxy) is 1. The fourth-order valence-electron chi connectivity index (χ4n) is 2.98. The van der Waals surface area contributed by atoms with Crippen LogP contribution in [0.4, 0.5) is 0 Å². The van der Waals surface area contributed by atoms with E-state index in [-0.39, 0.29) is 21.6 Å². The number of nitrogens with one attached hydrogen (secondary N) is 1. The number of hydrogen-bond donors (Lipinski definition) is 1. The lowest BCUT2D eigenvalue weighted by Crippen LogP contribution is -2.66. The summed E-state index contributed by atoms with van der Waals surface area (Å²) in [6.07, 6.45) is -0.628. The van der Waals surface area contributed by atoms with E-state index in [4.69, 9.17) is 4.74 Å². The molecule has 0 bridgehead atoms. The minimum Gasteiger partial charge on any atom is -0.368 e. The van der Waals surface area contributed by atoms with Gasteiger partial charge in [0.2, 0.25) is 0 Å². The predicted molar refractivity (Wildman–Crippen MR) is 106 cm³/mol. The lowest BCUT2D eigenvalue weighted by molar-refractivity contribution is -0.160. The molecule has 1 unspecified atom stereocenters. The van der Waals surface area contributed by atoms with Gasteiger partial charge in [-0.1, -0.05) is 32.5 Å². The van der Waals surface area contributed by atoms with Gasteiger partial charge in [0.25, 0.3) is 5.91 Å². The van der Waals surface area contributed by atoms with Crippen molar-refractivity contribution in [3.63, 3.8) is 0 Å². The van der Waals surface area contributed by atoms with E-state index in [0.717, 1.165) is 5.57 Å². The van der Waals surface area contributed by atoms with Crippen molar-refractivity contribution in [1.29, 1.82) is 0 Å². The summed E-state index contributed by atoms with van der Waals surface area (Å²) in [5, 5.41) is 2.40. The van der Waals surface area contributed by atoms with Crippen LogP contribution in [0.5, 0.6) is 0 Å². The molecular weight excluding hydrogens is 404 g/mol. The van der Waals surface area contributed by atoms with Crippen molar-refractivity contribution in [3.05, 3.63) is 32.0 Å². The third-order valence-electron chi connectivity index (χ3n) is 4.54. The second-order valence-electron chi connectivity index (χ2n) is 7.65. The Hall–Kier alpha value is -1.85. The number of thioether (sulfide) groups is 2. The zero-order chi connectivity index (χ0) is 21.0. The predicted octanol–water partition coefficient (Wildman–Crippen LogP) is 0.706. The van der Waals surface area contributed by atoms with E-state index in [2.05, 4.69) is 10.1 Å². The molecule has 9 nitrogen and oxygen atoms in total. The number of β-lactam (4-membered cyclic amide) rings is 1. The SMILES string of the molecule is CO[C@H]1C(=O)N2C(C(=O)C(C)(C)C)=C(C)C(Sc3nc(=O)c(=O)[nH]n3C)S[C@@H]12. The van der Waals surface area contributed by atoms with Gasteiger partial charge in [-0.05, 0) is 12.5 Å². The number of H-pyrrole nitrogens is 1. The van der Waals surface area contributed by atoms with E-state index in [1.54, 1.807) is 34.7 Å². The Morgan fingerprint density at radius 3 is 2.50 bits per heavy atom. The highest BCUT2D eigenvalue weighted by Crippen LogP contribution is 2.50. The van der Waals surface area contributed by atoms with E-state index in [9.17, 15) is 19.2 Å². The Kier molecular flexibility index (Phi) is 5.36. The van der Waals surface area contributed by atoms with E-state index >= 15 is 0 Å². The van der Waals surface area contributed by atoms with Gasteiger partial charge in [0.05, 0.1) is 10.3 Å². The summed E-state index contributed by atoms with van der Waals surface area (Å²) in [7, 11) is 3.05. The number of ketones is 1. The van der Waals surface area contributed by atoms with Crippen molar-refractivity contribution < 1.29 is 14.3 Å². The van der Waals surface area contributed by atoms with Gasteiger partial charge in [-0.25, -0.2) is 0 Å². The second kappa shape index (κ2) is 7.20. The molecule has 1 saturated heterocycles. The zero-order valence-corrected chi connectivity index (χ0v) is 18.1. The molecule has 1 N–H and O–H groups in total. The summed E-state index contributed by atoms with van der Waals surface area (Å²) in [5.41, 5.74) is -1.24. The molecule has 1 amide bonds. The first-order chi connectivity index (χ1) is 13.0. The molecule has 0 aromatic carbocycles. The van der Waals surface area contributed by atoms with Crippen molar-refractivity contribution in [2.75, 3.05) is 7.11 Å². The van der Waals surface area contributed by atoms with Gasteiger partial charge in [-0.2, -0.15) is 4.98 Å². The number of aryl methyl sites for hydroxylation is 1. The summed E-state index contributed by atoms with van der Waals surface area (Å²) >= 11 is 2.71. The number of aromatic nitrogens is 3. The first-order valence-electron chi connectivity index (χ1n) is 8.58. The number of carbonyl (C=O) groups is 2. The van der Waals surface area contributed by atoms with E-state index in [1.165, 1.54) is 40.2 Å². The van der Waals surface area contributed by atoms with Crippen LogP contribution < -0.4 is 11.1 Å². The van der Waals surface area contributed by atoms with E-state index < -0.39 is 22.6 Å². The number of carbonyl (C=O) groups excluding carboxylic acids is 2. The van der Waals surface area contributed by atoms with Gasteiger partial charge in [0.15, 0.2) is 17.0 Å². The average molecular weight is 427 g/mol. The number of Topliss-reactive ketones (excluding diaryl/α,β-unsaturated/α-hetero) is 1. The maximum absolute atomic E-state index is 13.1. The minimum absolute atomic E-state index is 0.132. The monoisotopic (exact) mass is 426 g/mol. The van der Waals surface area contributed by atoms with Crippen LogP contribution in [0.15, 0.2) is 26.0 Å². The number of fused-ring (bicyclic) bond motifs is 1. The molecule has 1 aromatic rings. The van der Waals surface area contributed by atoms with Gasteiger partial charge >= 0.3 is 11.1 Å². The van der Waals surface area contributed by atoms with Crippen LogP contribution in [-0.2, 0) is 21.4 Å². The normalized spacial score (nSPS) is 24.9. The lowest BCUT2D eigenvalue weighted by Gasteiger charge is -2.51. The highest BCUT2D eigenvalue weighted by Gasteiger charge is 2.56. The molecule has 1 fully saturated rings. The third kappa shape index (κ3) is 3.35. The fraction of sp³-hybridized carbons (Fsp3) is 0.588. The summed E-state index contributed by atoms with van der Waals surface area (Å²) in [4.78, 5) is 54.1. The fourth-order valence-corrected chi connectivity index (χ4v) is 5.89. The Labute approximate surface area is 169 Å². The van der Waals surface area contributed by atoms with Gasteiger partial charge in [-0.15, -0.1) is 11.8 Å². The number of allylic oxidation sites excluding steroid dienone is 1. The number of aromatic amines is 1. The van der Waals surface area contributed by atoms with Crippen molar-refractivity contribution >= 4 is 35.2 Å². The van der Waals surface area contributed by atoms with Gasteiger partial charge in [0.1, 0.15) is 5.37 Å². The first-order valence-corrected chi connectivity index (χ1v) is 10.4. The number of methoxy groups -OCH3 is 1. The second-order valence-corrected chi connectivity index (χ2v) is 10.2. The number of rotatable bonds is 4. The lowest BCUT2D eigenvalue weighted by atomic mass is 9.86. The van der Waals surface area contributed by atoms with Crippen molar-refractivity contribution in [2.45, 2.75) is 48.9 Å². The molecule has 2 aliphatic rings. The molecule has 3 rings (SSSR count). The Bertz CT molecular complexity index is 990. The molecular formula is C17H22N4O5S2. The Balaban J connectivity index is 2.05. The molecule has 3 atom stereocenters. The number of amides is 1. The molecule has 1 aromatic heterocycles. The topological polar surface area (TPSA) is 114 Å². The summed E-state index contributed by atoms with van der Waals surface area (Å²) < 4.78 is 6.39. The van der Waals surface area contributed by atoms with Crippen LogP contribution in [0.1, 0.15) is 27.7 Å². The molecule has 0 saturated carbocycles. The smallest absolute Gasteiger partial charge is 0.339 e. The summed E-state index contributed by atoms with van der Waals surface area (Å²) in [6, 6.07) is 0. The molecule has 0 radical (unpaired) electrons. The molecule has 11 heteroatoms. The molecule has 3 heterocycles. The van der Waals surface area contributed by atoms with E-state index in [1.807, 2.05) is 0 Å².